The van der Waals surface area contributed by atoms with Gasteiger partial charge in [-0.1, -0.05) is 11.3 Å². The third-order valence-electron chi connectivity index (χ3n) is 4.39. The van der Waals surface area contributed by atoms with Crippen LogP contribution in [0.3, 0.4) is 0 Å². The standard InChI is InChI=1S/C19H15F3N2O2S/c20-12-4-6-16-17(9-12)27-19(23-16)24(10-13-2-1-7-26-13)18(25)11-3-5-14(21)15(22)8-11/h3-6,8-9,13H,1-2,7,10H2. The number of aromatic nitrogens is 1. The number of fused-ring (bicyclic) bond motifs is 1. The van der Waals surface area contributed by atoms with Gasteiger partial charge in [-0.25, -0.2) is 18.2 Å². The molecule has 0 N–H and O–H groups in total. The van der Waals surface area contributed by atoms with Crippen LogP contribution in [0, 0.1) is 17.5 Å². The van der Waals surface area contributed by atoms with Gasteiger partial charge in [0.2, 0.25) is 0 Å². The van der Waals surface area contributed by atoms with E-state index in [0.717, 1.165) is 36.3 Å². The maximum Gasteiger partial charge on any atom is 0.260 e. The number of thiazole rings is 1. The number of amides is 1. The summed E-state index contributed by atoms with van der Waals surface area (Å²) in [6.07, 6.45) is 1.52. The second-order valence-electron chi connectivity index (χ2n) is 6.29. The van der Waals surface area contributed by atoms with E-state index in [1.807, 2.05) is 0 Å². The lowest BCUT2D eigenvalue weighted by molar-refractivity contribution is 0.0917. The van der Waals surface area contributed by atoms with Crippen molar-refractivity contribution in [3.05, 3.63) is 59.4 Å². The highest BCUT2D eigenvalue weighted by atomic mass is 32.1. The van der Waals surface area contributed by atoms with Gasteiger partial charge in [0.25, 0.3) is 5.91 Å². The van der Waals surface area contributed by atoms with Crippen LogP contribution in [0.15, 0.2) is 36.4 Å². The summed E-state index contributed by atoms with van der Waals surface area (Å²) in [7, 11) is 0. The van der Waals surface area contributed by atoms with Crippen molar-refractivity contribution < 1.29 is 22.7 Å². The van der Waals surface area contributed by atoms with Crippen molar-refractivity contribution in [3.8, 4) is 0 Å². The monoisotopic (exact) mass is 392 g/mol. The molecule has 1 amide bonds. The molecule has 1 fully saturated rings. The molecular weight excluding hydrogens is 377 g/mol. The zero-order valence-electron chi connectivity index (χ0n) is 14.1. The van der Waals surface area contributed by atoms with Crippen LogP contribution in [-0.2, 0) is 4.74 Å². The largest absolute Gasteiger partial charge is 0.376 e. The van der Waals surface area contributed by atoms with Crippen molar-refractivity contribution in [2.45, 2.75) is 18.9 Å². The van der Waals surface area contributed by atoms with E-state index in [1.165, 1.54) is 29.2 Å². The van der Waals surface area contributed by atoms with Crippen LogP contribution in [0.25, 0.3) is 10.2 Å². The first kappa shape index (κ1) is 17.9. The quantitative estimate of drug-likeness (QED) is 0.655. The molecule has 1 saturated heterocycles. The van der Waals surface area contributed by atoms with Crippen molar-refractivity contribution in [1.29, 1.82) is 0 Å². The number of benzene rings is 2. The van der Waals surface area contributed by atoms with Gasteiger partial charge in [0, 0.05) is 12.2 Å². The summed E-state index contributed by atoms with van der Waals surface area (Å²) in [5.41, 5.74) is 0.573. The topological polar surface area (TPSA) is 42.4 Å². The smallest absolute Gasteiger partial charge is 0.260 e. The van der Waals surface area contributed by atoms with Gasteiger partial charge in [0.15, 0.2) is 16.8 Å². The molecule has 8 heteroatoms. The number of hydrogen-bond acceptors (Lipinski definition) is 4. The highest BCUT2D eigenvalue weighted by molar-refractivity contribution is 7.22. The van der Waals surface area contributed by atoms with Gasteiger partial charge in [-0.3, -0.25) is 9.69 Å². The first-order chi connectivity index (χ1) is 13.0. The predicted molar refractivity (Wildman–Crippen MR) is 96.6 cm³/mol. The molecule has 1 aromatic heterocycles. The van der Waals surface area contributed by atoms with Crippen LogP contribution in [0.2, 0.25) is 0 Å². The zero-order valence-corrected chi connectivity index (χ0v) is 14.9. The van der Waals surface area contributed by atoms with Crippen molar-refractivity contribution in [2.24, 2.45) is 0 Å². The van der Waals surface area contributed by atoms with Crippen molar-refractivity contribution in [2.75, 3.05) is 18.1 Å². The van der Waals surface area contributed by atoms with E-state index in [0.29, 0.717) is 22.0 Å². The van der Waals surface area contributed by atoms with E-state index in [-0.39, 0.29) is 18.2 Å². The Morgan fingerprint density at radius 3 is 2.78 bits per heavy atom. The maximum atomic E-state index is 13.6. The molecular formula is C19H15F3N2O2S. The van der Waals surface area contributed by atoms with E-state index in [2.05, 4.69) is 4.98 Å². The van der Waals surface area contributed by atoms with E-state index in [9.17, 15) is 18.0 Å². The van der Waals surface area contributed by atoms with E-state index in [1.54, 1.807) is 0 Å². The van der Waals surface area contributed by atoms with Crippen LogP contribution in [0.4, 0.5) is 18.3 Å². The Hall–Kier alpha value is -2.45. The average molecular weight is 392 g/mol. The molecule has 140 valence electrons. The van der Waals surface area contributed by atoms with Crippen LogP contribution in [0.1, 0.15) is 23.2 Å². The minimum absolute atomic E-state index is 0.0114. The third kappa shape index (κ3) is 3.68. The molecule has 0 aliphatic carbocycles. The molecule has 3 aromatic rings. The van der Waals surface area contributed by atoms with Gasteiger partial charge in [-0.05, 0) is 49.2 Å². The summed E-state index contributed by atoms with van der Waals surface area (Å²) in [5, 5.41) is 0.362. The summed E-state index contributed by atoms with van der Waals surface area (Å²) < 4.78 is 46.5. The maximum absolute atomic E-state index is 13.6. The van der Waals surface area contributed by atoms with Gasteiger partial charge < -0.3 is 4.74 Å². The first-order valence-corrected chi connectivity index (χ1v) is 9.27. The predicted octanol–water partition coefficient (Wildman–Crippen LogP) is 4.54. The fourth-order valence-electron chi connectivity index (χ4n) is 3.03. The summed E-state index contributed by atoms with van der Waals surface area (Å²) in [6, 6.07) is 7.21. The Labute approximate surface area is 157 Å². The van der Waals surface area contributed by atoms with E-state index >= 15 is 0 Å². The lowest BCUT2D eigenvalue weighted by Gasteiger charge is -2.23. The fourth-order valence-corrected chi connectivity index (χ4v) is 4.02. The third-order valence-corrected chi connectivity index (χ3v) is 5.43. The van der Waals surface area contributed by atoms with Gasteiger partial charge in [0.05, 0.1) is 22.9 Å². The van der Waals surface area contributed by atoms with E-state index in [4.69, 9.17) is 4.74 Å². The number of carbonyl (C=O) groups is 1. The van der Waals surface area contributed by atoms with Crippen LogP contribution in [-0.4, -0.2) is 30.1 Å². The highest BCUT2D eigenvalue weighted by Gasteiger charge is 2.27. The Balaban J connectivity index is 1.72. The number of rotatable bonds is 4. The Bertz CT molecular complexity index is 1000. The second kappa shape index (κ2) is 7.28. The van der Waals surface area contributed by atoms with Crippen molar-refractivity contribution in [1.82, 2.24) is 4.98 Å². The van der Waals surface area contributed by atoms with Crippen LogP contribution < -0.4 is 4.90 Å². The Morgan fingerprint density at radius 2 is 2.04 bits per heavy atom. The number of halogens is 3. The Morgan fingerprint density at radius 1 is 1.19 bits per heavy atom. The van der Waals surface area contributed by atoms with Crippen LogP contribution in [0.5, 0.6) is 0 Å². The molecule has 0 saturated carbocycles. The number of carbonyl (C=O) groups excluding carboxylic acids is 1. The number of anilines is 1. The summed E-state index contributed by atoms with van der Waals surface area (Å²) in [4.78, 5) is 18.8. The van der Waals surface area contributed by atoms with Gasteiger partial charge in [0.1, 0.15) is 5.82 Å². The SMILES string of the molecule is O=C(c1ccc(F)c(F)c1)N(CC1CCCO1)c1nc2ccc(F)cc2s1. The minimum atomic E-state index is -1.09. The molecule has 27 heavy (non-hydrogen) atoms. The molecule has 4 nitrogen and oxygen atoms in total. The molecule has 1 aliphatic rings. The number of hydrogen-bond donors (Lipinski definition) is 0. The fraction of sp³-hybridized carbons (Fsp3) is 0.263. The van der Waals surface area contributed by atoms with Crippen molar-refractivity contribution >= 4 is 32.6 Å². The van der Waals surface area contributed by atoms with E-state index < -0.39 is 23.4 Å². The molecule has 1 aliphatic heterocycles. The minimum Gasteiger partial charge on any atom is -0.376 e. The molecule has 2 heterocycles. The molecule has 1 unspecified atom stereocenters. The van der Waals surface area contributed by atoms with Crippen molar-refractivity contribution in [3.63, 3.8) is 0 Å². The van der Waals surface area contributed by atoms with Gasteiger partial charge in [-0.2, -0.15) is 0 Å². The number of ether oxygens (including phenoxy) is 1. The molecule has 0 spiro atoms. The molecule has 4 rings (SSSR count). The Kier molecular flexibility index (Phi) is 4.84. The molecule has 2 aromatic carbocycles. The molecule has 1 atom stereocenters. The zero-order chi connectivity index (χ0) is 19.0. The lowest BCUT2D eigenvalue weighted by Crippen LogP contribution is -2.37. The van der Waals surface area contributed by atoms with Gasteiger partial charge in [-0.15, -0.1) is 0 Å². The first-order valence-electron chi connectivity index (χ1n) is 8.46. The molecule has 0 radical (unpaired) electrons. The summed E-state index contributed by atoms with van der Waals surface area (Å²) >= 11 is 1.16. The summed E-state index contributed by atoms with van der Waals surface area (Å²) in [5.74, 6) is -3.02. The second-order valence-corrected chi connectivity index (χ2v) is 7.30. The lowest BCUT2D eigenvalue weighted by atomic mass is 10.1. The number of nitrogens with zero attached hydrogens (tertiary/aromatic N) is 2. The normalized spacial score (nSPS) is 16.8. The highest BCUT2D eigenvalue weighted by Crippen LogP contribution is 2.31. The molecule has 0 bridgehead atoms. The summed E-state index contributed by atoms with van der Waals surface area (Å²) in [6.45, 7) is 0.850. The van der Waals surface area contributed by atoms with Crippen LogP contribution >= 0.6 is 11.3 Å². The average Bonchev–Trinajstić information content (AvgIpc) is 3.30. The van der Waals surface area contributed by atoms with Gasteiger partial charge >= 0.3 is 0 Å².